The van der Waals surface area contributed by atoms with Crippen molar-refractivity contribution in [1.82, 2.24) is 19.5 Å². The molecule has 0 spiro atoms. The molecule has 5 rings (SSSR count). The molecule has 1 saturated carbocycles. The van der Waals surface area contributed by atoms with Crippen LogP contribution in [0.4, 0.5) is 21.7 Å². The van der Waals surface area contributed by atoms with E-state index in [0.29, 0.717) is 33.9 Å². The average molecular weight is 457 g/mol. The highest BCUT2D eigenvalue weighted by Crippen LogP contribution is 2.30. The Balaban J connectivity index is 1.57. The molecule has 0 radical (unpaired) electrons. The lowest BCUT2D eigenvalue weighted by Crippen LogP contribution is -2.29. The minimum Gasteiger partial charge on any atom is -0.376 e. The van der Waals surface area contributed by atoms with Crippen LogP contribution in [0.25, 0.3) is 11.7 Å². The van der Waals surface area contributed by atoms with Gasteiger partial charge in [0.25, 0.3) is 5.91 Å². The normalized spacial score (nSPS) is 17.6. The smallest absolute Gasteiger partial charge is 0.258 e. The van der Waals surface area contributed by atoms with Crippen LogP contribution in [0.1, 0.15) is 24.8 Å². The van der Waals surface area contributed by atoms with Gasteiger partial charge in [-0.2, -0.15) is 9.61 Å². The number of hydrogen-bond donors (Lipinski definition) is 3. The molecule has 9 nitrogen and oxygen atoms in total. The van der Waals surface area contributed by atoms with Gasteiger partial charge in [0.1, 0.15) is 24.2 Å². The number of aromatic nitrogens is 3. The van der Waals surface area contributed by atoms with Gasteiger partial charge in [-0.1, -0.05) is 11.6 Å². The van der Waals surface area contributed by atoms with Crippen LogP contribution in [-0.4, -0.2) is 49.2 Å². The number of anilines is 3. The highest BCUT2D eigenvalue weighted by Gasteiger charge is 2.33. The summed E-state index contributed by atoms with van der Waals surface area (Å²) in [5, 5.41) is 20.3. The fraction of sp³-hybridized carbons (Fsp3) is 0.238. The SMILES string of the molecule is O=C1C/C(=C\c2cnn3c(NC4CC4)cc(Nc4cc(Cl)ccc4F)nc23)C(=O)N1CO. The van der Waals surface area contributed by atoms with Crippen molar-refractivity contribution in [3.8, 4) is 0 Å². The van der Waals surface area contributed by atoms with Crippen molar-refractivity contribution in [2.45, 2.75) is 25.3 Å². The van der Waals surface area contributed by atoms with Gasteiger partial charge in [0, 0.05) is 28.3 Å². The Hall–Kier alpha value is -3.50. The van der Waals surface area contributed by atoms with Gasteiger partial charge < -0.3 is 15.7 Å². The molecule has 2 fully saturated rings. The molecule has 164 valence electrons. The minimum atomic E-state index is -0.670. The Morgan fingerprint density at radius 3 is 2.81 bits per heavy atom. The number of benzene rings is 1. The lowest BCUT2D eigenvalue weighted by atomic mass is 10.1. The summed E-state index contributed by atoms with van der Waals surface area (Å²) in [7, 11) is 0. The van der Waals surface area contributed by atoms with Gasteiger partial charge in [-0.25, -0.2) is 9.37 Å². The summed E-state index contributed by atoms with van der Waals surface area (Å²) in [6.07, 6.45) is 5.02. The lowest BCUT2D eigenvalue weighted by molar-refractivity contribution is -0.141. The third kappa shape index (κ3) is 3.78. The first-order chi connectivity index (χ1) is 15.4. The van der Waals surface area contributed by atoms with E-state index in [9.17, 15) is 19.1 Å². The number of likely N-dealkylation sites (tertiary alicyclic amines) is 1. The van der Waals surface area contributed by atoms with E-state index in [0.717, 1.165) is 17.7 Å². The van der Waals surface area contributed by atoms with E-state index in [2.05, 4.69) is 20.7 Å². The fourth-order valence-corrected chi connectivity index (χ4v) is 3.65. The number of nitrogens with zero attached hydrogens (tertiary/aromatic N) is 4. The number of aliphatic hydroxyl groups is 1. The van der Waals surface area contributed by atoms with Crippen LogP contribution in [-0.2, 0) is 9.59 Å². The van der Waals surface area contributed by atoms with Crippen molar-refractivity contribution >= 4 is 52.5 Å². The van der Waals surface area contributed by atoms with E-state index in [4.69, 9.17) is 11.6 Å². The lowest BCUT2D eigenvalue weighted by Gasteiger charge is -2.12. The van der Waals surface area contributed by atoms with Crippen molar-refractivity contribution < 1.29 is 19.1 Å². The molecule has 1 saturated heterocycles. The van der Waals surface area contributed by atoms with E-state index >= 15 is 0 Å². The Bertz CT molecular complexity index is 1290. The van der Waals surface area contributed by atoms with Crippen LogP contribution in [0.2, 0.25) is 5.02 Å². The number of aliphatic hydroxyl groups excluding tert-OH is 1. The zero-order valence-corrected chi connectivity index (χ0v) is 17.4. The zero-order chi connectivity index (χ0) is 22.4. The molecule has 11 heteroatoms. The molecule has 2 aliphatic rings. The van der Waals surface area contributed by atoms with Crippen molar-refractivity contribution in [3.63, 3.8) is 0 Å². The van der Waals surface area contributed by atoms with Crippen molar-refractivity contribution in [2.24, 2.45) is 0 Å². The van der Waals surface area contributed by atoms with E-state index in [-0.39, 0.29) is 17.7 Å². The van der Waals surface area contributed by atoms with Crippen LogP contribution in [0.3, 0.4) is 0 Å². The van der Waals surface area contributed by atoms with E-state index < -0.39 is 24.4 Å². The standard InChI is InChI=1S/C21H18ClFN6O3/c22-13-1-4-15(23)16(7-13)26-17-8-18(25-14-2-3-14)29-20(27-17)12(9-24-29)5-11-6-19(31)28(10-30)21(11)32/h1,4-5,7-9,14,25,30H,2-3,6,10H2,(H,26,27)/b11-5+. The molecular weight excluding hydrogens is 439 g/mol. The highest BCUT2D eigenvalue weighted by molar-refractivity contribution is 6.30. The summed E-state index contributed by atoms with van der Waals surface area (Å²) in [4.78, 5) is 29.6. The molecule has 32 heavy (non-hydrogen) atoms. The molecule has 1 aliphatic carbocycles. The number of carbonyl (C=O) groups excluding carboxylic acids is 2. The summed E-state index contributed by atoms with van der Waals surface area (Å²) >= 11 is 6.00. The number of amides is 2. The second kappa shape index (κ2) is 7.88. The maximum absolute atomic E-state index is 14.2. The third-order valence-electron chi connectivity index (χ3n) is 5.25. The molecule has 2 amide bonds. The van der Waals surface area contributed by atoms with Crippen LogP contribution in [0, 0.1) is 5.82 Å². The molecule has 1 aromatic carbocycles. The van der Waals surface area contributed by atoms with Crippen molar-refractivity contribution in [3.05, 3.63) is 52.4 Å². The number of imide groups is 1. The second-order valence-electron chi connectivity index (χ2n) is 7.64. The first-order valence-electron chi connectivity index (χ1n) is 9.96. The predicted molar refractivity (Wildman–Crippen MR) is 116 cm³/mol. The molecule has 0 atom stereocenters. The Labute approximate surface area is 186 Å². The first kappa shape index (κ1) is 20.4. The van der Waals surface area contributed by atoms with Gasteiger partial charge in [-0.15, -0.1) is 0 Å². The Morgan fingerprint density at radius 2 is 2.09 bits per heavy atom. The van der Waals surface area contributed by atoms with Crippen LogP contribution >= 0.6 is 11.6 Å². The topological polar surface area (TPSA) is 112 Å². The van der Waals surface area contributed by atoms with Gasteiger partial charge in [-0.3, -0.25) is 14.5 Å². The van der Waals surface area contributed by atoms with Gasteiger partial charge in [0.05, 0.1) is 18.3 Å². The molecule has 0 bridgehead atoms. The summed E-state index contributed by atoms with van der Waals surface area (Å²) in [6, 6.07) is 6.21. The quantitative estimate of drug-likeness (QED) is 0.386. The summed E-state index contributed by atoms with van der Waals surface area (Å²) in [5.41, 5.74) is 1.32. The molecule has 1 aliphatic heterocycles. The van der Waals surface area contributed by atoms with Crippen LogP contribution < -0.4 is 10.6 Å². The number of halogens is 2. The molecule has 0 unspecified atom stereocenters. The zero-order valence-electron chi connectivity index (χ0n) is 16.7. The largest absolute Gasteiger partial charge is 0.376 e. The van der Waals surface area contributed by atoms with Crippen LogP contribution in [0.5, 0.6) is 0 Å². The van der Waals surface area contributed by atoms with Crippen LogP contribution in [0.15, 0.2) is 36.0 Å². The maximum Gasteiger partial charge on any atom is 0.258 e. The summed E-state index contributed by atoms with van der Waals surface area (Å²) < 4.78 is 15.8. The van der Waals surface area contributed by atoms with Gasteiger partial charge in [0.15, 0.2) is 5.65 Å². The monoisotopic (exact) mass is 456 g/mol. The van der Waals surface area contributed by atoms with E-state index in [1.807, 2.05) is 0 Å². The fourth-order valence-electron chi connectivity index (χ4n) is 3.48. The maximum atomic E-state index is 14.2. The molecule has 3 heterocycles. The molecule has 3 N–H and O–H groups in total. The Kier molecular flexibility index (Phi) is 5.03. The first-order valence-corrected chi connectivity index (χ1v) is 10.3. The second-order valence-corrected chi connectivity index (χ2v) is 8.08. The third-order valence-corrected chi connectivity index (χ3v) is 5.49. The number of carbonyl (C=O) groups is 2. The van der Waals surface area contributed by atoms with Crippen molar-refractivity contribution in [1.29, 1.82) is 0 Å². The van der Waals surface area contributed by atoms with E-state index in [1.54, 1.807) is 10.6 Å². The molecule has 2 aromatic heterocycles. The summed E-state index contributed by atoms with van der Waals surface area (Å²) in [6.45, 7) is -0.670. The van der Waals surface area contributed by atoms with Gasteiger partial charge >= 0.3 is 0 Å². The number of fused-ring (bicyclic) bond motifs is 1. The predicted octanol–water partition coefficient (Wildman–Crippen LogP) is 2.93. The van der Waals surface area contributed by atoms with Gasteiger partial charge in [0.2, 0.25) is 5.91 Å². The molecular formula is C21H18ClFN6O3. The van der Waals surface area contributed by atoms with E-state index in [1.165, 1.54) is 30.5 Å². The number of hydrogen-bond acceptors (Lipinski definition) is 7. The minimum absolute atomic E-state index is 0.115. The van der Waals surface area contributed by atoms with Crippen molar-refractivity contribution in [2.75, 3.05) is 17.4 Å². The van der Waals surface area contributed by atoms with Gasteiger partial charge in [-0.05, 0) is 37.1 Å². The average Bonchev–Trinajstić information content (AvgIpc) is 3.42. The Morgan fingerprint density at radius 1 is 1.28 bits per heavy atom. The number of nitrogens with one attached hydrogen (secondary N) is 2. The summed E-state index contributed by atoms with van der Waals surface area (Å²) in [5.74, 6) is -0.500. The highest BCUT2D eigenvalue weighted by atomic mass is 35.5. The number of rotatable bonds is 6. The molecule has 3 aromatic rings.